The molecule has 2 aliphatic rings. The summed E-state index contributed by atoms with van der Waals surface area (Å²) in [5, 5.41) is 18.6. The van der Waals surface area contributed by atoms with Crippen LogP contribution in [-0.4, -0.2) is 59.8 Å². The van der Waals surface area contributed by atoms with Gasteiger partial charge in [-0.1, -0.05) is 54.6 Å². The predicted octanol–water partition coefficient (Wildman–Crippen LogP) is 5.50. The van der Waals surface area contributed by atoms with Crippen molar-refractivity contribution in [2.45, 2.75) is 82.3 Å². The molecule has 0 aliphatic carbocycles. The van der Waals surface area contributed by atoms with E-state index in [9.17, 15) is 9.90 Å². The number of aliphatic hydroxyl groups excluding tert-OH is 1. The number of aryl methyl sites for hydroxylation is 2. The summed E-state index contributed by atoms with van der Waals surface area (Å²) in [7, 11) is -2.97. The van der Waals surface area contributed by atoms with Crippen LogP contribution in [0.5, 0.6) is 0 Å². The number of aromatic nitrogens is 3. The molecule has 5 rings (SSSR count). The second kappa shape index (κ2) is 12.3. The van der Waals surface area contributed by atoms with Crippen molar-refractivity contribution in [1.82, 2.24) is 15.0 Å². The summed E-state index contributed by atoms with van der Waals surface area (Å²) in [4.78, 5) is 13.9. The molecule has 5 atom stereocenters. The van der Waals surface area contributed by atoms with E-state index < -0.39 is 8.41 Å². The molecule has 0 radical (unpaired) electrons. The lowest BCUT2D eigenvalue weighted by Gasteiger charge is -2.28. The van der Waals surface area contributed by atoms with Crippen molar-refractivity contribution in [2.75, 3.05) is 18.1 Å². The van der Waals surface area contributed by atoms with Crippen LogP contribution in [0.4, 0.5) is 9.80 Å². The molecular weight excluding hydrogens is 523 g/mol. The largest absolute Gasteiger partial charge is 0.395 e. The molecule has 3 heterocycles. The van der Waals surface area contributed by atoms with Gasteiger partial charge in [-0.05, 0) is 68.0 Å². The fraction of sp³-hybridized carbons (Fsp3) is 0.516. The predicted molar refractivity (Wildman–Crippen MR) is 157 cm³/mol. The Balaban J connectivity index is 1.20. The maximum absolute atomic E-state index is 15.6. The van der Waals surface area contributed by atoms with Crippen LogP contribution >= 0.6 is 0 Å². The standard InChI is InChI=1S/C31H41FN4O3Si/c1-22-28(16-13-23-11-14-25(15-12-23)36-18-7-10-30(36)38)39-29(31(22)40(2,3)32)17-19-35-20-27(33-34-35)26(21-37)24-8-5-4-6-9-24/h4-6,8-9,11-12,14-15,20,22,26,28-29,31,37H,7,10,13,16-19,21H2,1-3H3/t22-,26?,28+,29-,31+/m0/s1. The second-order valence-corrected chi connectivity index (χ2v) is 15.7. The van der Waals surface area contributed by atoms with Crippen molar-refractivity contribution < 1.29 is 18.7 Å². The molecule has 1 unspecified atom stereocenters. The molecule has 214 valence electrons. The van der Waals surface area contributed by atoms with Crippen LogP contribution in [0.1, 0.15) is 55.3 Å². The molecule has 1 amide bonds. The monoisotopic (exact) mass is 564 g/mol. The third kappa shape index (κ3) is 6.37. The number of carbonyl (C=O) groups excluding carboxylic acids is 1. The Morgan fingerprint density at radius 3 is 2.50 bits per heavy atom. The first kappa shape index (κ1) is 28.6. The second-order valence-electron chi connectivity index (χ2n) is 11.9. The molecule has 2 aliphatic heterocycles. The summed E-state index contributed by atoms with van der Waals surface area (Å²) in [5.41, 5.74) is 3.81. The van der Waals surface area contributed by atoms with E-state index in [2.05, 4.69) is 29.4 Å². The number of hydrogen-bond acceptors (Lipinski definition) is 5. The Morgan fingerprint density at radius 1 is 1.10 bits per heavy atom. The van der Waals surface area contributed by atoms with E-state index in [1.54, 1.807) is 17.8 Å². The summed E-state index contributed by atoms with van der Waals surface area (Å²) < 4.78 is 23.9. The van der Waals surface area contributed by atoms with Gasteiger partial charge in [-0.15, -0.1) is 5.10 Å². The zero-order valence-electron chi connectivity index (χ0n) is 23.7. The average molecular weight is 565 g/mol. The highest BCUT2D eigenvalue weighted by Crippen LogP contribution is 2.47. The Labute approximate surface area is 237 Å². The third-order valence-electron chi connectivity index (χ3n) is 8.68. The summed E-state index contributed by atoms with van der Waals surface area (Å²) in [5.74, 6) is 0.112. The van der Waals surface area contributed by atoms with Crippen molar-refractivity contribution in [3.05, 3.63) is 77.6 Å². The summed E-state index contributed by atoms with van der Waals surface area (Å²) >= 11 is 0. The fourth-order valence-electron chi connectivity index (χ4n) is 6.62. The maximum atomic E-state index is 15.6. The van der Waals surface area contributed by atoms with E-state index >= 15 is 4.11 Å². The summed E-state index contributed by atoms with van der Waals surface area (Å²) in [6, 6.07) is 18.1. The Morgan fingerprint density at radius 2 is 1.85 bits per heavy atom. The average Bonchev–Trinajstić information content (AvgIpc) is 3.66. The van der Waals surface area contributed by atoms with Gasteiger partial charge in [0.2, 0.25) is 14.3 Å². The number of nitrogens with zero attached hydrogens (tertiary/aromatic N) is 4. The number of benzene rings is 2. The molecule has 2 aromatic carbocycles. The van der Waals surface area contributed by atoms with E-state index in [-0.39, 0.29) is 42.1 Å². The van der Waals surface area contributed by atoms with Gasteiger partial charge in [-0.2, -0.15) is 0 Å². The van der Waals surface area contributed by atoms with Crippen LogP contribution in [0.15, 0.2) is 60.8 Å². The van der Waals surface area contributed by atoms with Crippen molar-refractivity contribution in [3.8, 4) is 0 Å². The third-order valence-corrected chi connectivity index (χ3v) is 11.2. The highest BCUT2D eigenvalue weighted by Gasteiger charge is 2.50. The van der Waals surface area contributed by atoms with Gasteiger partial charge in [-0.25, -0.2) is 0 Å². The summed E-state index contributed by atoms with van der Waals surface area (Å²) in [6.45, 7) is 7.07. The van der Waals surface area contributed by atoms with Crippen LogP contribution in [0.25, 0.3) is 0 Å². The van der Waals surface area contributed by atoms with Gasteiger partial charge in [0, 0.05) is 36.9 Å². The van der Waals surface area contributed by atoms with Crippen LogP contribution in [0.3, 0.4) is 0 Å². The number of ether oxygens (including phenoxy) is 1. The number of hydrogen-bond donors (Lipinski definition) is 1. The zero-order chi connectivity index (χ0) is 28.3. The minimum Gasteiger partial charge on any atom is -0.395 e. The molecule has 7 nitrogen and oxygen atoms in total. The number of aliphatic hydroxyl groups is 1. The normalized spacial score (nSPS) is 24.1. The molecule has 9 heteroatoms. The number of halogens is 1. The van der Waals surface area contributed by atoms with E-state index in [1.165, 1.54) is 5.56 Å². The van der Waals surface area contributed by atoms with E-state index in [0.29, 0.717) is 19.4 Å². The van der Waals surface area contributed by atoms with Gasteiger partial charge >= 0.3 is 0 Å². The summed E-state index contributed by atoms with van der Waals surface area (Å²) in [6.07, 6.45) is 5.63. The first-order valence-corrected chi connectivity index (χ1v) is 17.5. The lowest BCUT2D eigenvalue weighted by molar-refractivity contribution is -0.117. The topological polar surface area (TPSA) is 80.5 Å². The number of amides is 1. The lowest BCUT2D eigenvalue weighted by Crippen LogP contribution is -2.36. The van der Waals surface area contributed by atoms with E-state index in [1.807, 2.05) is 53.6 Å². The lowest BCUT2D eigenvalue weighted by atomic mass is 9.95. The van der Waals surface area contributed by atoms with Gasteiger partial charge in [0.05, 0.1) is 30.4 Å². The van der Waals surface area contributed by atoms with Gasteiger partial charge in [0.25, 0.3) is 0 Å². The molecule has 0 saturated carbocycles. The smallest absolute Gasteiger partial charge is 0.246 e. The minimum atomic E-state index is -2.97. The molecule has 1 aromatic heterocycles. The van der Waals surface area contributed by atoms with Crippen LogP contribution in [-0.2, 0) is 22.5 Å². The van der Waals surface area contributed by atoms with Crippen LogP contribution in [0.2, 0.25) is 18.6 Å². The van der Waals surface area contributed by atoms with Crippen LogP contribution < -0.4 is 4.90 Å². The number of rotatable bonds is 11. The molecule has 1 N–H and O–H groups in total. The number of anilines is 1. The van der Waals surface area contributed by atoms with E-state index in [4.69, 9.17) is 4.74 Å². The Kier molecular flexibility index (Phi) is 8.82. The highest BCUT2D eigenvalue weighted by atomic mass is 28.4. The first-order valence-electron chi connectivity index (χ1n) is 14.5. The van der Waals surface area contributed by atoms with Gasteiger partial charge in [0.15, 0.2) is 0 Å². The minimum absolute atomic E-state index is 0.000480. The van der Waals surface area contributed by atoms with Crippen molar-refractivity contribution in [2.24, 2.45) is 5.92 Å². The molecule has 3 aromatic rings. The Hall–Kier alpha value is -2.88. The van der Waals surface area contributed by atoms with Gasteiger partial charge in [-0.3, -0.25) is 9.48 Å². The molecule has 0 bridgehead atoms. The fourth-order valence-corrected chi connectivity index (χ4v) is 9.21. The van der Waals surface area contributed by atoms with Crippen molar-refractivity contribution in [3.63, 3.8) is 0 Å². The number of carbonyl (C=O) groups is 1. The van der Waals surface area contributed by atoms with Gasteiger partial charge in [0.1, 0.15) is 0 Å². The maximum Gasteiger partial charge on any atom is 0.246 e. The van der Waals surface area contributed by atoms with Gasteiger partial charge < -0.3 is 18.9 Å². The molecule has 2 saturated heterocycles. The first-order chi connectivity index (χ1) is 19.2. The van der Waals surface area contributed by atoms with Crippen LogP contribution in [0, 0.1) is 5.92 Å². The molecule has 0 spiro atoms. The Bertz CT molecular complexity index is 1260. The van der Waals surface area contributed by atoms with Crippen molar-refractivity contribution >= 4 is 20.0 Å². The van der Waals surface area contributed by atoms with Crippen molar-refractivity contribution in [1.29, 1.82) is 0 Å². The SMILES string of the molecule is C[C@@H]1[C@@H]([Si](C)(C)F)[C@H](CCn2cc(C(CO)c3ccccc3)nn2)O[C@@H]1CCc1ccc(N2CCCC2=O)cc1. The highest BCUT2D eigenvalue weighted by molar-refractivity contribution is 6.72. The van der Waals surface area contributed by atoms with E-state index in [0.717, 1.165) is 42.8 Å². The zero-order valence-corrected chi connectivity index (χ0v) is 24.7. The molecule has 40 heavy (non-hydrogen) atoms. The molecule has 2 fully saturated rings. The molecular formula is C31H41FN4O3Si. The quantitative estimate of drug-likeness (QED) is 0.246.